The van der Waals surface area contributed by atoms with Crippen LogP contribution < -0.4 is 4.74 Å². The Kier molecular flexibility index (Phi) is 6.37. The fourth-order valence-corrected chi connectivity index (χ4v) is 4.60. The molecule has 0 radical (unpaired) electrons. The molecule has 1 unspecified atom stereocenters. The highest BCUT2D eigenvalue weighted by atomic mass is 79.9. The van der Waals surface area contributed by atoms with Crippen LogP contribution in [0, 0.1) is 0 Å². The van der Waals surface area contributed by atoms with Crippen molar-refractivity contribution >= 4 is 44.0 Å². The van der Waals surface area contributed by atoms with Crippen LogP contribution in [0.1, 0.15) is 31.3 Å². The number of fused-ring (bicyclic) bond motifs is 1. The van der Waals surface area contributed by atoms with Crippen molar-refractivity contribution in [1.29, 1.82) is 0 Å². The van der Waals surface area contributed by atoms with Gasteiger partial charge in [-0.3, -0.25) is 0 Å². The Bertz CT molecular complexity index is 996. The number of aromatic amines is 1. The highest BCUT2D eigenvalue weighted by Gasteiger charge is 2.29. The van der Waals surface area contributed by atoms with Crippen LogP contribution in [-0.4, -0.2) is 34.5 Å². The van der Waals surface area contributed by atoms with Crippen molar-refractivity contribution in [2.75, 3.05) is 12.9 Å². The third-order valence-corrected chi connectivity index (χ3v) is 5.79. The zero-order valence-electron chi connectivity index (χ0n) is 16.2. The number of hydrogen-bond acceptors (Lipinski definition) is 4. The normalized spacial score (nSPS) is 12.4. The van der Waals surface area contributed by atoms with Crippen molar-refractivity contribution < 1.29 is 18.8 Å². The molecule has 7 heteroatoms. The summed E-state index contributed by atoms with van der Waals surface area (Å²) in [6.45, 7) is 5.94. The van der Waals surface area contributed by atoms with E-state index in [0.717, 1.165) is 32.3 Å². The van der Waals surface area contributed by atoms with Crippen LogP contribution in [0.3, 0.4) is 0 Å². The maximum Gasteiger partial charge on any atom is 0.360 e. The molecule has 0 aliphatic heterocycles. The number of halogens is 1. The molecule has 28 heavy (non-hydrogen) atoms. The van der Waals surface area contributed by atoms with Crippen molar-refractivity contribution in [3.05, 3.63) is 46.6 Å². The van der Waals surface area contributed by atoms with Gasteiger partial charge in [0.05, 0.1) is 23.6 Å². The molecule has 0 amide bonds. The monoisotopic (exact) mass is 463 g/mol. The van der Waals surface area contributed by atoms with Crippen LogP contribution in [0.2, 0.25) is 0 Å². The van der Waals surface area contributed by atoms with Crippen molar-refractivity contribution in [1.82, 2.24) is 4.98 Å². The highest BCUT2D eigenvalue weighted by Crippen LogP contribution is 2.40. The number of carbonyl (C=O) groups is 1. The van der Waals surface area contributed by atoms with Crippen LogP contribution in [0.15, 0.2) is 45.8 Å². The number of H-pyrrole nitrogens is 1. The van der Waals surface area contributed by atoms with Gasteiger partial charge in [0.15, 0.2) is 10.6 Å². The van der Waals surface area contributed by atoms with Gasteiger partial charge < -0.3 is 19.0 Å². The first kappa shape index (κ1) is 20.8. The van der Waals surface area contributed by atoms with E-state index in [1.807, 2.05) is 50.2 Å². The molecule has 1 aromatic heterocycles. The molecule has 5 nitrogen and oxygen atoms in total. The van der Waals surface area contributed by atoms with Gasteiger partial charge in [-0.15, -0.1) is 0 Å². The Morgan fingerprint density at radius 3 is 2.46 bits per heavy atom. The van der Waals surface area contributed by atoms with E-state index in [-0.39, 0.29) is 18.4 Å². The molecule has 2 aromatic carbocycles. The number of rotatable bonds is 6. The lowest BCUT2D eigenvalue weighted by Crippen LogP contribution is -2.10. The summed E-state index contributed by atoms with van der Waals surface area (Å²) in [5, 5.41) is 0.746. The second kappa shape index (κ2) is 8.59. The number of ether oxygens (including phenoxy) is 2. The molecular weight excluding hydrogens is 442 g/mol. The first-order valence-corrected chi connectivity index (χ1v) is 11.3. The summed E-state index contributed by atoms with van der Waals surface area (Å²) in [4.78, 5) is 15.9. The molecule has 0 aliphatic carbocycles. The highest BCUT2D eigenvalue weighted by molar-refractivity contribution is 9.10. The lowest BCUT2D eigenvalue weighted by atomic mass is 10.0. The Morgan fingerprint density at radius 1 is 1.21 bits per heavy atom. The van der Waals surface area contributed by atoms with E-state index >= 15 is 0 Å². The first-order chi connectivity index (χ1) is 13.3. The molecule has 1 heterocycles. The number of aromatic nitrogens is 1. The summed E-state index contributed by atoms with van der Waals surface area (Å²) in [6.07, 6.45) is 1.65. The summed E-state index contributed by atoms with van der Waals surface area (Å²) in [5.41, 5.74) is 2.76. The molecule has 3 rings (SSSR count). The van der Waals surface area contributed by atoms with E-state index in [1.54, 1.807) is 13.2 Å². The van der Waals surface area contributed by atoms with Gasteiger partial charge in [-0.2, -0.15) is 0 Å². The minimum Gasteiger partial charge on any atom is -0.612 e. The van der Waals surface area contributed by atoms with Crippen LogP contribution in [-0.2, 0) is 15.9 Å². The lowest BCUT2D eigenvalue weighted by Gasteiger charge is -2.13. The van der Waals surface area contributed by atoms with Crippen molar-refractivity contribution in [2.24, 2.45) is 0 Å². The van der Waals surface area contributed by atoms with E-state index in [4.69, 9.17) is 9.47 Å². The van der Waals surface area contributed by atoms with E-state index in [0.29, 0.717) is 4.90 Å². The van der Waals surface area contributed by atoms with Crippen molar-refractivity contribution in [3.8, 4) is 16.9 Å². The van der Waals surface area contributed by atoms with Gasteiger partial charge in [-0.05, 0) is 61.8 Å². The van der Waals surface area contributed by atoms with E-state index in [1.165, 1.54) is 0 Å². The van der Waals surface area contributed by atoms with Gasteiger partial charge in [-0.25, -0.2) is 4.79 Å². The molecule has 0 saturated heterocycles. The number of carbonyl (C=O) groups excluding carboxylic acids is 1. The van der Waals surface area contributed by atoms with Gasteiger partial charge in [0.25, 0.3) is 0 Å². The summed E-state index contributed by atoms with van der Waals surface area (Å²) in [6, 6.07) is 11.5. The van der Waals surface area contributed by atoms with E-state index < -0.39 is 17.1 Å². The predicted molar refractivity (Wildman–Crippen MR) is 115 cm³/mol. The topological polar surface area (TPSA) is 74.4 Å². The zero-order valence-corrected chi connectivity index (χ0v) is 18.6. The summed E-state index contributed by atoms with van der Waals surface area (Å²) < 4.78 is 24.3. The number of nitrogens with one attached hydrogen (secondary N) is 1. The third kappa shape index (κ3) is 4.06. The second-order valence-electron chi connectivity index (χ2n) is 6.54. The van der Waals surface area contributed by atoms with Gasteiger partial charge >= 0.3 is 5.97 Å². The standard InChI is InChI=1S/C21H22BrNO4S/c1-5-26-21(24)19-20(28(4)25)18-16(23-19)11-10-15(22)17(18)13-6-8-14(9-7-13)27-12(2)3/h6-12,23H,5H2,1-4H3. The largest absolute Gasteiger partial charge is 0.612 e. The van der Waals surface area contributed by atoms with Gasteiger partial charge in [-0.1, -0.05) is 28.1 Å². The number of esters is 1. The molecule has 0 saturated carbocycles. The summed E-state index contributed by atoms with van der Waals surface area (Å²) in [7, 11) is 0. The number of benzene rings is 2. The Hall–Kier alpha value is -1.96. The van der Waals surface area contributed by atoms with Crippen molar-refractivity contribution in [3.63, 3.8) is 0 Å². The fraction of sp³-hybridized carbons (Fsp3) is 0.286. The lowest BCUT2D eigenvalue weighted by molar-refractivity contribution is 0.0516. The fourth-order valence-electron chi connectivity index (χ4n) is 3.12. The average Bonchev–Trinajstić information content (AvgIpc) is 3.02. The maximum absolute atomic E-state index is 12.6. The molecule has 3 aromatic rings. The van der Waals surface area contributed by atoms with Crippen LogP contribution >= 0.6 is 15.9 Å². The smallest absolute Gasteiger partial charge is 0.360 e. The molecule has 0 aliphatic rings. The molecular formula is C21H22BrNO4S. The van der Waals surface area contributed by atoms with E-state index in [9.17, 15) is 9.35 Å². The van der Waals surface area contributed by atoms with E-state index in [2.05, 4.69) is 20.9 Å². The number of hydrogen-bond donors (Lipinski definition) is 1. The summed E-state index contributed by atoms with van der Waals surface area (Å²) in [5.74, 6) is 0.272. The maximum atomic E-state index is 12.6. The Morgan fingerprint density at radius 2 is 1.89 bits per heavy atom. The first-order valence-electron chi connectivity index (χ1n) is 8.95. The van der Waals surface area contributed by atoms with Gasteiger partial charge in [0, 0.05) is 10.0 Å². The Labute approximate surface area is 175 Å². The summed E-state index contributed by atoms with van der Waals surface area (Å²) >= 11 is 2.22. The van der Waals surface area contributed by atoms with Crippen molar-refractivity contribution in [2.45, 2.75) is 31.8 Å². The van der Waals surface area contributed by atoms with Crippen LogP contribution in [0.4, 0.5) is 0 Å². The predicted octanol–water partition coefficient (Wildman–Crippen LogP) is 5.30. The Balaban J connectivity index is 2.22. The second-order valence-corrected chi connectivity index (χ2v) is 8.71. The molecule has 1 N–H and O–H groups in total. The quantitative estimate of drug-likeness (QED) is 0.397. The van der Waals surface area contributed by atoms with Gasteiger partial charge in [0.1, 0.15) is 12.0 Å². The van der Waals surface area contributed by atoms with Crippen LogP contribution in [0.25, 0.3) is 22.0 Å². The molecule has 0 fully saturated rings. The molecule has 148 valence electrons. The molecule has 0 bridgehead atoms. The zero-order chi connectivity index (χ0) is 20.4. The SMILES string of the molecule is CCOC(=O)c1[nH]c2ccc(Br)c(-c3ccc(OC(C)C)cc3)c2c1[S+](C)[O-]. The molecule has 0 spiro atoms. The molecule has 1 atom stereocenters. The minimum absolute atomic E-state index is 0.0898. The third-order valence-electron chi connectivity index (χ3n) is 4.15. The van der Waals surface area contributed by atoms with Crippen LogP contribution in [0.5, 0.6) is 5.75 Å². The minimum atomic E-state index is -1.39. The van der Waals surface area contributed by atoms with Gasteiger partial charge in [0.2, 0.25) is 0 Å². The average molecular weight is 464 g/mol.